The van der Waals surface area contributed by atoms with E-state index in [1.807, 2.05) is 34.6 Å². The number of hydrogen-bond donors (Lipinski definition) is 0. The van der Waals surface area contributed by atoms with Crippen LogP contribution < -0.4 is 0 Å². The third-order valence-corrected chi connectivity index (χ3v) is 3.26. The number of hydrogen-bond acceptors (Lipinski definition) is 3. The molecule has 0 aliphatic carbocycles. The molecule has 0 radical (unpaired) electrons. The highest BCUT2D eigenvalue weighted by atomic mass is 16.6. The first-order chi connectivity index (χ1) is 8.28. The predicted molar refractivity (Wildman–Crippen MR) is 70.5 cm³/mol. The first kappa shape index (κ1) is 15.0. The van der Waals surface area contributed by atoms with Crippen molar-refractivity contribution in [2.24, 2.45) is 0 Å². The number of carbonyl (C=O) groups excluding carboxylic acids is 2. The van der Waals surface area contributed by atoms with E-state index in [0.717, 1.165) is 12.8 Å². The minimum absolute atomic E-state index is 0.00829. The Labute approximate surface area is 110 Å². The molecule has 1 saturated heterocycles. The zero-order valence-electron chi connectivity index (χ0n) is 12.2. The van der Waals surface area contributed by atoms with Crippen LogP contribution in [-0.4, -0.2) is 34.5 Å². The van der Waals surface area contributed by atoms with Crippen LogP contribution in [0.4, 0.5) is 4.79 Å². The summed E-state index contributed by atoms with van der Waals surface area (Å²) in [5.74, 6) is 0.258. The molecule has 0 N–H and O–H groups in total. The van der Waals surface area contributed by atoms with Crippen molar-refractivity contribution in [3.8, 4) is 0 Å². The maximum Gasteiger partial charge on any atom is 0.410 e. The van der Waals surface area contributed by atoms with Gasteiger partial charge in [0.05, 0.1) is 0 Å². The summed E-state index contributed by atoms with van der Waals surface area (Å²) in [7, 11) is 0. The Morgan fingerprint density at radius 1 is 1.22 bits per heavy atom. The fourth-order valence-electron chi connectivity index (χ4n) is 2.40. The van der Waals surface area contributed by atoms with Gasteiger partial charge in [0.25, 0.3) is 0 Å². The molecule has 1 rings (SSSR count). The van der Waals surface area contributed by atoms with Crippen molar-refractivity contribution in [1.82, 2.24) is 4.90 Å². The smallest absolute Gasteiger partial charge is 0.410 e. The highest BCUT2D eigenvalue weighted by Gasteiger charge is 2.38. The number of ether oxygens (including phenoxy) is 1. The van der Waals surface area contributed by atoms with E-state index in [1.54, 1.807) is 4.90 Å². The zero-order chi connectivity index (χ0) is 13.9. The molecular weight excluding hydrogens is 230 g/mol. The van der Waals surface area contributed by atoms with Crippen molar-refractivity contribution in [3.05, 3.63) is 0 Å². The molecule has 0 aromatic carbocycles. The second-order valence-electron chi connectivity index (χ2n) is 5.96. The summed E-state index contributed by atoms with van der Waals surface area (Å²) in [4.78, 5) is 25.7. The Hall–Kier alpha value is -1.06. The maximum absolute atomic E-state index is 12.3. The minimum atomic E-state index is -0.491. The Balaban J connectivity index is 2.86. The highest BCUT2D eigenvalue weighted by molar-refractivity contribution is 5.83. The van der Waals surface area contributed by atoms with E-state index in [4.69, 9.17) is 4.74 Å². The third-order valence-electron chi connectivity index (χ3n) is 3.26. The number of Topliss-reactive ketones (excluding diaryl/α,β-unsaturated/α-hetero) is 1. The van der Waals surface area contributed by atoms with Crippen LogP contribution in [0.2, 0.25) is 0 Å². The molecule has 1 heterocycles. The number of piperidine rings is 1. The summed E-state index contributed by atoms with van der Waals surface area (Å²) in [6, 6.07) is -0.0166. The summed E-state index contributed by atoms with van der Waals surface area (Å²) in [6.07, 6.45) is 2.23. The number of amides is 1. The predicted octanol–water partition coefficient (Wildman–Crippen LogP) is 3.14. The second-order valence-corrected chi connectivity index (χ2v) is 5.96. The molecule has 0 aromatic rings. The van der Waals surface area contributed by atoms with Gasteiger partial charge in [-0.2, -0.15) is 0 Å². The minimum Gasteiger partial charge on any atom is -0.444 e. The van der Waals surface area contributed by atoms with Crippen LogP contribution >= 0.6 is 0 Å². The molecule has 0 saturated carbocycles. The van der Waals surface area contributed by atoms with Crippen molar-refractivity contribution in [3.63, 3.8) is 0 Å². The quantitative estimate of drug-likeness (QED) is 0.761. The van der Waals surface area contributed by atoms with Crippen LogP contribution in [0.3, 0.4) is 0 Å². The molecule has 0 aromatic heterocycles. The van der Waals surface area contributed by atoms with E-state index < -0.39 is 5.60 Å². The molecule has 104 valence electrons. The average Bonchev–Trinajstić information content (AvgIpc) is 2.24. The third kappa shape index (κ3) is 3.72. The SMILES string of the molecule is CCC1CC(=O)C[C@H](CC)N1C(=O)OC(C)(C)C. The molecule has 1 fully saturated rings. The van der Waals surface area contributed by atoms with Crippen molar-refractivity contribution in [2.75, 3.05) is 0 Å². The van der Waals surface area contributed by atoms with Crippen LogP contribution in [0.25, 0.3) is 0 Å². The van der Waals surface area contributed by atoms with Gasteiger partial charge in [-0.15, -0.1) is 0 Å². The van der Waals surface area contributed by atoms with Crippen molar-refractivity contribution < 1.29 is 14.3 Å². The summed E-state index contributed by atoms with van der Waals surface area (Å²) >= 11 is 0. The number of ketones is 1. The second kappa shape index (κ2) is 5.72. The molecule has 0 spiro atoms. The van der Waals surface area contributed by atoms with Gasteiger partial charge in [0, 0.05) is 24.9 Å². The molecule has 4 nitrogen and oxygen atoms in total. The molecule has 1 aliphatic rings. The van der Waals surface area contributed by atoms with Gasteiger partial charge in [0.15, 0.2) is 0 Å². The number of carbonyl (C=O) groups is 2. The summed E-state index contributed by atoms with van der Waals surface area (Å²) in [5.41, 5.74) is -0.491. The van der Waals surface area contributed by atoms with Gasteiger partial charge in [0.1, 0.15) is 11.4 Å². The van der Waals surface area contributed by atoms with Crippen LogP contribution in [0, 0.1) is 0 Å². The van der Waals surface area contributed by atoms with Crippen LogP contribution in [0.1, 0.15) is 60.3 Å². The van der Waals surface area contributed by atoms with Crippen LogP contribution in [-0.2, 0) is 9.53 Å². The first-order valence-corrected chi connectivity index (χ1v) is 6.81. The summed E-state index contributed by atoms with van der Waals surface area (Å²) in [5, 5.41) is 0. The van der Waals surface area contributed by atoms with Gasteiger partial charge >= 0.3 is 6.09 Å². The van der Waals surface area contributed by atoms with Gasteiger partial charge in [-0.1, -0.05) is 13.8 Å². The zero-order valence-corrected chi connectivity index (χ0v) is 12.2. The maximum atomic E-state index is 12.3. The lowest BCUT2D eigenvalue weighted by Gasteiger charge is -2.41. The Morgan fingerprint density at radius 3 is 2.00 bits per heavy atom. The molecule has 1 aliphatic heterocycles. The Morgan fingerprint density at radius 2 is 1.67 bits per heavy atom. The Kier molecular flexibility index (Phi) is 4.77. The van der Waals surface area contributed by atoms with E-state index in [-0.39, 0.29) is 24.0 Å². The normalized spacial score (nSPS) is 25.2. The lowest BCUT2D eigenvalue weighted by molar-refractivity contribution is -0.125. The fourth-order valence-corrected chi connectivity index (χ4v) is 2.40. The van der Waals surface area contributed by atoms with Crippen LogP contribution in [0.15, 0.2) is 0 Å². The summed E-state index contributed by atoms with van der Waals surface area (Å²) < 4.78 is 5.45. The average molecular weight is 255 g/mol. The molecule has 1 unspecified atom stereocenters. The van der Waals surface area contributed by atoms with E-state index in [1.165, 1.54) is 0 Å². The van der Waals surface area contributed by atoms with Gasteiger partial charge < -0.3 is 9.64 Å². The lowest BCUT2D eigenvalue weighted by Crippen LogP contribution is -2.53. The molecular formula is C14H25NO3. The Bertz CT molecular complexity index is 303. The van der Waals surface area contributed by atoms with E-state index in [2.05, 4.69) is 0 Å². The number of likely N-dealkylation sites (tertiary alicyclic amines) is 1. The molecule has 1 amide bonds. The summed E-state index contributed by atoms with van der Waals surface area (Å²) in [6.45, 7) is 9.60. The van der Waals surface area contributed by atoms with Crippen LogP contribution in [0.5, 0.6) is 0 Å². The molecule has 4 heteroatoms. The molecule has 0 bridgehead atoms. The number of nitrogens with zero attached hydrogens (tertiary/aromatic N) is 1. The van der Waals surface area contributed by atoms with E-state index in [9.17, 15) is 9.59 Å². The monoisotopic (exact) mass is 255 g/mol. The standard InChI is InChI=1S/C14H25NO3/c1-6-10-8-12(16)9-11(7-2)15(10)13(17)18-14(3,4)5/h10-11H,6-9H2,1-5H3/t10-,11?/m0/s1. The first-order valence-electron chi connectivity index (χ1n) is 6.81. The van der Waals surface area contributed by atoms with Gasteiger partial charge in [-0.3, -0.25) is 4.79 Å². The van der Waals surface area contributed by atoms with Crippen molar-refractivity contribution in [1.29, 1.82) is 0 Å². The van der Waals surface area contributed by atoms with E-state index in [0.29, 0.717) is 12.8 Å². The van der Waals surface area contributed by atoms with Gasteiger partial charge in [0.2, 0.25) is 0 Å². The van der Waals surface area contributed by atoms with Gasteiger partial charge in [-0.25, -0.2) is 4.79 Å². The lowest BCUT2D eigenvalue weighted by atomic mass is 9.92. The highest BCUT2D eigenvalue weighted by Crippen LogP contribution is 2.26. The molecule has 2 atom stereocenters. The van der Waals surface area contributed by atoms with Gasteiger partial charge in [-0.05, 0) is 33.6 Å². The largest absolute Gasteiger partial charge is 0.444 e. The molecule has 18 heavy (non-hydrogen) atoms. The topological polar surface area (TPSA) is 46.6 Å². The fraction of sp³-hybridized carbons (Fsp3) is 0.857. The number of rotatable bonds is 2. The van der Waals surface area contributed by atoms with Crippen molar-refractivity contribution >= 4 is 11.9 Å². The van der Waals surface area contributed by atoms with E-state index >= 15 is 0 Å². The van der Waals surface area contributed by atoms with Crippen molar-refractivity contribution in [2.45, 2.75) is 78.0 Å².